The van der Waals surface area contributed by atoms with Crippen LogP contribution in [0, 0.1) is 17.8 Å². The summed E-state index contributed by atoms with van der Waals surface area (Å²) < 4.78 is 0. The fourth-order valence-electron chi connectivity index (χ4n) is 4.71. The lowest BCUT2D eigenvalue weighted by atomic mass is 9.69. The fourth-order valence-corrected chi connectivity index (χ4v) is 4.71. The van der Waals surface area contributed by atoms with Crippen LogP contribution in [0.3, 0.4) is 0 Å². The van der Waals surface area contributed by atoms with E-state index in [2.05, 4.69) is 18.2 Å². The summed E-state index contributed by atoms with van der Waals surface area (Å²) in [5.41, 5.74) is -2.44. The van der Waals surface area contributed by atoms with Gasteiger partial charge in [0.15, 0.2) is 23.0 Å². The van der Waals surface area contributed by atoms with Crippen molar-refractivity contribution in [1.29, 1.82) is 0 Å². The fraction of sp³-hybridized carbons (Fsp3) is 0.727. The predicted molar refractivity (Wildman–Crippen MR) is 159 cm³/mol. The number of allylic oxidation sites excluding steroid dienone is 6. The molecule has 0 aliphatic rings. The van der Waals surface area contributed by atoms with Crippen LogP contribution in [0.2, 0.25) is 0 Å². The van der Waals surface area contributed by atoms with Gasteiger partial charge in [0.2, 0.25) is 5.60 Å². The largest absolute Gasteiger partial charge is 0.393 e. The van der Waals surface area contributed by atoms with E-state index in [0.29, 0.717) is 19.3 Å². The molecule has 0 bridgehead atoms. The molecule has 4 unspecified atom stereocenters. The van der Waals surface area contributed by atoms with Gasteiger partial charge in [0, 0.05) is 19.3 Å². The minimum absolute atomic E-state index is 0.164. The third-order valence-corrected chi connectivity index (χ3v) is 7.33. The minimum Gasteiger partial charge on any atom is -0.393 e. The molecule has 6 nitrogen and oxygen atoms in total. The Hall–Kier alpha value is -1.89. The molecular weight excluding hydrogens is 492 g/mol. The molecule has 39 heavy (non-hydrogen) atoms. The summed E-state index contributed by atoms with van der Waals surface area (Å²) in [6.07, 6.45) is 9.78. The van der Waals surface area contributed by atoms with E-state index in [9.17, 15) is 29.7 Å². The molecule has 6 heteroatoms. The molecule has 4 atom stereocenters. The summed E-state index contributed by atoms with van der Waals surface area (Å²) in [5.74, 6) is -3.25. The first-order valence-corrected chi connectivity index (χ1v) is 14.6. The van der Waals surface area contributed by atoms with Gasteiger partial charge in [-0.15, -0.1) is 0 Å². The molecule has 0 aromatic heterocycles. The second-order valence-electron chi connectivity index (χ2n) is 12.5. The molecule has 0 amide bonds. The number of hydrogen-bond donors (Lipinski definition) is 3. The Balaban J connectivity index is 6.11. The van der Waals surface area contributed by atoms with Crippen molar-refractivity contribution in [3.63, 3.8) is 0 Å². The van der Waals surface area contributed by atoms with Crippen molar-refractivity contribution in [1.82, 2.24) is 0 Å². The Morgan fingerprint density at radius 1 is 0.590 bits per heavy atom. The molecule has 0 saturated heterocycles. The van der Waals surface area contributed by atoms with E-state index < -0.39 is 35.2 Å². The maximum absolute atomic E-state index is 13.6. The predicted octanol–water partition coefficient (Wildman–Crippen LogP) is 6.47. The number of Topliss-reactive ketones (excluding diaryl/α,β-unsaturated/α-hetero) is 3. The maximum atomic E-state index is 13.6. The van der Waals surface area contributed by atoms with Gasteiger partial charge in [-0.2, -0.15) is 0 Å². The minimum atomic E-state index is -3.01. The van der Waals surface area contributed by atoms with Crippen LogP contribution >= 0.6 is 0 Å². The highest BCUT2D eigenvalue weighted by Crippen LogP contribution is 2.34. The van der Waals surface area contributed by atoms with Crippen LogP contribution in [-0.4, -0.2) is 50.5 Å². The van der Waals surface area contributed by atoms with Crippen molar-refractivity contribution in [3.05, 3.63) is 34.9 Å². The molecule has 0 aromatic rings. The number of rotatable bonds is 20. The van der Waals surface area contributed by atoms with E-state index in [1.54, 1.807) is 0 Å². The zero-order chi connectivity index (χ0) is 30.4. The topological polar surface area (TPSA) is 112 Å². The molecule has 0 aliphatic heterocycles. The molecule has 0 rings (SSSR count). The van der Waals surface area contributed by atoms with Crippen LogP contribution in [0.1, 0.15) is 120 Å². The first kappa shape index (κ1) is 37.1. The third kappa shape index (κ3) is 12.4. The average molecular weight is 549 g/mol. The molecule has 0 aliphatic carbocycles. The van der Waals surface area contributed by atoms with Gasteiger partial charge in [0.05, 0.1) is 6.61 Å². The van der Waals surface area contributed by atoms with Crippen LogP contribution in [-0.2, 0) is 14.4 Å². The van der Waals surface area contributed by atoms with Gasteiger partial charge in [-0.05, 0) is 97.8 Å². The highest BCUT2D eigenvalue weighted by Gasteiger charge is 2.62. The van der Waals surface area contributed by atoms with Gasteiger partial charge >= 0.3 is 0 Å². The van der Waals surface area contributed by atoms with Crippen molar-refractivity contribution in [3.8, 4) is 0 Å². The van der Waals surface area contributed by atoms with Gasteiger partial charge < -0.3 is 15.3 Å². The van der Waals surface area contributed by atoms with E-state index in [-0.39, 0.29) is 37.0 Å². The zero-order valence-corrected chi connectivity index (χ0v) is 26.1. The Morgan fingerprint density at radius 3 is 1.13 bits per heavy atom. The normalized spacial score (nSPS) is 16.6. The molecule has 0 aromatic carbocycles. The Kier molecular flexibility index (Phi) is 16.9. The monoisotopic (exact) mass is 548 g/mol. The lowest BCUT2D eigenvalue weighted by molar-refractivity contribution is -0.195. The van der Waals surface area contributed by atoms with Gasteiger partial charge in [0.1, 0.15) is 0 Å². The summed E-state index contributed by atoms with van der Waals surface area (Å²) >= 11 is 0. The summed E-state index contributed by atoms with van der Waals surface area (Å²) in [4.78, 5) is 40.6. The molecule has 0 heterocycles. The maximum Gasteiger partial charge on any atom is 0.219 e. The van der Waals surface area contributed by atoms with E-state index in [1.807, 2.05) is 62.3 Å². The first-order valence-electron chi connectivity index (χ1n) is 14.6. The second kappa shape index (κ2) is 17.7. The SMILES string of the molecule is CC(C)=CCCC(C)CC(=O)C(O)(CO)C(O)(C(=O)CC(C)CCC=C(C)C)C(=O)CC(C)CCC=C(C)C. The zero-order valence-electron chi connectivity index (χ0n) is 26.1. The van der Waals surface area contributed by atoms with E-state index in [0.717, 1.165) is 36.0 Å². The van der Waals surface area contributed by atoms with Gasteiger partial charge in [-0.1, -0.05) is 55.7 Å². The van der Waals surface area contributed by atoms with Crippen LogP contribution in [0.4, 0.5) is 0 Å². The first-order chi connectivity index (χ1) is 18.0. The lowest BCUT2D eigenvalue weighted by Gasteiger charge is -2.40. The summed E-state index contributed by atoms with van der Waals surface area (Å²) in [7, 11) is 0. The van der Waals surface area contributed by atoms with Gasteiger partial charge in [-0.3, -0.25) is 14.4 Å². The summed E-state index contributed by atoms with van der Waals surface area (Å²) in [6, 6.07) is 0. The third-order valence-electron chi connectivity index (χ3n) is 7.33. The van der Waals surface area contributed by atoms with Gasteiger partial charge in [-0.25, -0.2) is 0 Å². The van der Waals surface area contributed by atoms with Crippen molar-refractivity contribution in [2.45, 2.75) is 131 Å². The molecule has 0 radical (unpaired) electrons. The number of aliphatic hydroxyl groups excluding tert-OH is 1. The summed E-state index contributed by atoms with van der Waals surface area (Å²) in [5, 5.41) is 33.5. The molecule has 0 spiro atoms. The van der Waals surface area contributed by atoms with Crippen molar-refractivity contribution >= 4 is 17.3 Å². The summed E-state index contributed by atoms with van der Waals surface area (Å²) in [6.45, 7) is 16.2. The molecule has 224 valence electrons. The Bertz CT molecular complexity index is 842. The molecule has 0 fully saturated rings. The molecule has 3 N–H and O–H groups in total. The highest BCUT2D eigenvalue weighted by atomic mass is 16.4. The highest BCUT2D eigenvalue weighted by molar-refractivity contribution is 6.16. The van der Waals surface area contributed by atoms with Crippen LogP contribution < -0.4 is 0 Å². The van der Waals surface area contributed by atoms with Crippen LogP contribution in [0.15, 0.2) is 34.9 Å². The van der Waals surface area contributed by atoms with E-state index in [1.165, 1.54) is 0 Å². The quantitative estimate of drug-likeness (QED) is 0.119. The van der Waals surface area contributed by atoms with Crippen molar-refractivity contribution in [2.24, 2.45) is 17.8 Å². The average Bonchev–Trinajstić information content (AvgIpc) is 2.81. The number of ketones is 3. The number of carbonyl (C=O) groups is 3. The standard InChI is InChI=1S/C33H56O6/c1-23(2)13-10-16-26(7)19-29(35)32(38,22-34)33(39,30(36)20-27(8)17-11-14-24(3)4)31(37)21-28(9)18-12-15-25(5)6/h13-15,26-28,34,38-39H,10-12,16-22H2,1-9H3. The number of carbonyl (C=O) groups excluding carboxylic acids is 3. The second-order valence-corrected chi connectivity index (χ2v) is 12.5. The smallest absolute Gasteiger partial charge is 0.219 e. The van der Waals surface area contributed by atoms with Crippen molar-refractivity contribution in [2.75, 3.05) is 6.61 Å². The van der Waals surface area contributed by atoms with E-state index in [4.69, 9.17) is 0 Å². The van der Waals surface area contributed by atoms with Crippen LogP contribution in [0.5, 0.6) is 0 Å². The number of hydrogen-bond acceptors (Lipinski definition) is 6. The molecule has 0 saturated carbocycles. The van der Waals surface area contributed by atoms with Crippen molar-refractivity contribution < 1.29 is 29.7 Å². The molecular formula is C33H56O6. The Labute approximate surface area is 237 Å². The lowest BCUT2D eigenvalue weighted by Crippen LogP contribution is -2.70. The van der Waals surface area contributed by atoms with E-state index >= 15 is 0 Å². The number of aliphatic hydroxyl groups is 3. The Morgan fingerprint density at radius 2 is 0.872 bits per heavy atom. The van der Waals surface area contributed by atoms with Crippen LogP contribution in [0.25, 0.3) is 0 Å². The van der Waals surface area contributed by atoms with Gasteiger partial charge in [0.25, 0.3) is 0 Å².